The first-order valence-electron chi connectivity index (χ1n) is 5.17. The molecule has 1 aliphatic heterocycles. The van der Waals surface area contributed by atoms with Gasteiger partial charge in [-0.1, -0.05) is 30.3 Å². The molecule has 0 spiro atoms. The summed E-state index contributed by atoms with van der Waals surface area (Å²) in [4.78, 5) is 14.1. The Morgan fingerprint density at radius 1 is 1.40 bits per heavy atom. The van der Waals surface area contributed by atoms with Crippen LogP contribution in [0.3, 0.4) is 0 Å². The third-order valence-electron chi connectivity index (χ3n) is 2.62. The van der Waals surface area contributed by atoms with Gasteiger partial charge in [-0.25, -0.2) is 0 Å². The van der Waals surface area contributed by atoms with E-state index in [0.29, 0.717) is 13.2 Å². The van der Waals surface area contributed by atoms with E-state index in [4.69, 9.17) is 4.74 Å². The fourth-order valence-corrected chi connectivity index (χ4v) is 1.72. The third-order valence-corrected chi connectivity index (χ3v) is 2.62. The molecule has 0 N–H and O–H groups in total. The summed E-state index contributed by atoms with van der Waals surface area (Å²) in [5.41, 5.74) is 0.734. The molecule has 3 nitrogen and oxygen atoms in total. The summed E-state index contributed by atoms with van der Waals surface area (Å²) in [6, 6.07) is 9.32. The molecule has 0 saturated carbocycles. The Balaban J connectivity index is 2.08. The number of rotatable bonds is 2. The van der Waals surface area contributed by atoms with E-state index in [-0.39, 0.29) is 11.9 Å². The standard InChI is InChI=1S/C12H15NO2/c1-13-7-8-15-11(9-13)12(14)10-5-3-2-4-6-10/h2-6,11H,7-9H2,1H3/t11-/m0/s1. The van der Waals surface area contributed by atoms with Crippen molar-refractivity contribution in [2.24, 2.45) is 0 Å². The van der Waals surface area contributed by atoms with Crippen LogP contribution in [0.1, 0.15) is 10.4 Å². The molecular weight excluding hydrogens is 190 g/mol. The summed E-state index contributed by atoms with van der Waals surface area (Å²) in [5.74, 6) is 0.0853. The Bertz CT molecular complexity index is 337. The largest absolute Gasteiger partial charge is 0.367 e. The Labute approximate surface area is 89.7 Å². The first-order valence-corrected chi connectivity index (χ1v) is 5.17. The lowest BCUT2D eigenvalue weighted by Gasteiger charge is -2.29. The molecule has 1 atom stereocenters. The molecule has 1 aromatic carbocycles. The monoisotopic (exact) mass is 205 g/mol. The second-order valence-electron chi connectivity index (χ2n) is 3.85. The van der Waals surface area contributed by atoms with Gasteiger partial charge in [-0.05, 0) is 7.05 Å². The van der Waals surface area contributed by atoms with E-state index in [9.17, 15) is 4.79 Å². The smallest absolute Gasteiger partial charge is 0.192 e. The fourth-order valence-electron chi connectivity index (χ4n) is 1.72. The van der Waals surface area contributed by atoms with Gasteiger partial charge in [0, 0.05) is 18.7 Å². The number of hydrogen-bond acceptors (Lipinski definition) is 3. The van der Waals surface area contributed by atoms with E-state index < -0.39 is 0 Å². The number of ether oxygens (including phenoxy) is 1. The van der Waals surface area contributed by atoms with Crippen molar-refractivity contribution in [3.8, 4) is 0 Å². The number of morpholine rings is 1. The topological polar surface area (TPSA) is 29.5 Å². The lowest BCUT2D eigenvalue weighted by atomic mass is 10.1. The van der Waals surface area contributed by atoms with Gasteiger partial charge >= 0.3 is 0 Å². The van der Waals surface area contributed by atoms with Crippen LogP contribution in [0.4, 0.5) is 0 Å². The van der Waals surface area contributed by atoms with Gasteiger partial charge in [0.25, 0.3) is 0 Å². The van der Waals surface area contributed by atoms with Gasteiger partial charge < -0.3 is 9.64 Å². The van der Waals surface area contributed by atoms with Crippen molar-refractivity contribution in [2.75, 3.05) is 26.7 Å². The van der Waals surface area contributed by atoms with Crippen molar-refractivity contribution in [2.45, 2.75) is 6.10 Å². The normalized spacial score (nSPS) is 22.6. The van der Waals surface area contributed by atoms with Crippen LogP contribution >= 0.6 is 0 Å². The molecule has 3 heteroatoms. The van der Waals surface area contributed by atoms with Crippen LogP contribution in [0.5, 0.6) is 0 Å². The Hall–Kier alpha value is -1.19. The zero-order chi connectivity index (χ0) is 10.7. The second-order valence-corrected chi connectivity index (χ2v) is 3.85. The minimum atomic E-state index is -0.300. The first kappa shape index (κ1) is 10.3. The van der Waals surface area contributed by atoms with E-state index in [1.807, 2.05) is 37.4 Å². The van der Waals surface area contributed by atoms with Crippen molar-refractivity contribution < 1.29 is 9.53 Å². The molecule has 0 bridgehead atoms. The Kier molecular flexibility index (Phi) is 3.14. The molecule has 1 aliphatic rings. The van der Waals surface area contributed by atoms with Gasteiger partial charge in [-0.15, -0.1) is 0 Å². The predicted octanol–water partition coefficient (Wildman–Crippen LogP) is 1.20. The lowest BCUT2D eigenvalue weighted by Crippen LogP contribution is -2.44. The maximum absolute atomic E-state index is 12.0. The first-order chi connectivity index (χ1) is 7.27. The lowest BCUT2D eigenvalue weighted by molar-refractivity contribution is -0.00862. The highest BCUT2D eigenvalue weighted by atomic mass is 16.5. The molecule has 1 fully saturated rings. The SMILES string of the molecule is CN1CCO[C@H](C(=O)c2ccccc2)C1. The molecule has 0 radical (unpaired) electrons. The van der Waals surface area contributed by atoms with E-state index >= 15 is 0 Å². The summed E-state index contributed by atoms with van der Waals surface area (Å²) in [6.07, 6.45) is -0.300. The minimum absolute atomic E-state index is 0.0853. The van der Waals surface area contributed by atoms with Crippen LogP contribution in [0.25, 0.3) is 0 Å². The molecule has 0 unspecified atom stereocenters. The van der Waals surface area contributed by atoms with Crippen molar-refractivity contribution in [3.63, 3.8) is 0 Å². The number of likely N-dealkylation sites (N-methyl/N-ethyl adjacent to an activating group) is 1. The van der Waals surface area contributed by atoms with Crippen LogP contribution in [0, 0.1) is 0 Å². The average Bonchev–Trinajstić information content (AvgIpc) is 2.29. The summed E-state index contributed by atoms with van der Waals surface area (Å²) >= 11 is 0. The van der Waals surface area contributed by atoms with E-state index in [2.05, 4.69) is 4.90 Å². The number of hydrogen-bond donors (Lipinski definition) is 0. The maximum Gasteiger partial charge on any atom is 0.192 e. The minimum Gasteiger partial charge on any atom is -0.367 e. The van der Waals surface area contributed by atoms with E-state index in [1.165, 1.54) is 0 Å². The number of Topliss-reactive ketones (excluding diaryl/α,β-unsaturated/α-hetero) is 1. The predicted molar refractivity (Wildman–Crippen MR) is 58.0 cm³/mol. The summed E-state index contributed by atoms with van der Waals surface area (Å²) < 4.78 is 5.47. The van der Waals surface area contributed by atoms with Crippen LogP contribution in [0.15, 0.2) is 30.3 Å². The van der Waals surface area contributed by atoms with Crippen LogP contribution in [0.2, 0.25) is 0 Å². The zero-order valence-corrected chi connectivity index (χ0v) is 8.85. The van der Waals surface area contributed by atoms with Gasteiger partial charge in [0.05, 0.1) is 6.61 Å². The quantitative estimate of drug-likeness (QED) is 0.679. The van der Waals surface area contributed by atoms with Crippen molar-refractivity contribution in [1.29, 1.82) is 0 Å². The van der Waals surface area contributed by atoms with E-state index in [1.54, 1.807) is 0 Å². The van der Waals surface area contributed by atoms with Gasteiger partial charge in [0.1, 0.15) is 6.10 Å². The van der Waals surface area contributed by atoms with Gasteiger partial charge in [0.2, 0.25) is 0 Å². The number of benzene rings is 1. The molecule has 0 aliphatic carbocycles. The maximum atomic E-state index is 12.0. The Morgan fingerprint density at radius 2 is 2.13 bits per heavy atom. The second kappa shape index (κ2) is 4.55. The van der Waals surface area contributed by atoms with Crippen LogP contribution < -0.4 is 0 Å². The molecule has 0 aromatic heterocycles. The van der Waals surface area contributed by atoms with Gasteiger partial charge in [-0.2, -0.15) is 0 Å². The molecule has 2 rings (SSSR count). The number of carbonyl (C=O) groups is 1. The molecule has 1 saturated heterocycles. The molecule has 0 amide bonds. The van der Waals surface area contributed by atoms with Gasteiger partial charge in [0.15, 0.2) is 5.78 Å². The zero-order valence-electron chi connectivity index (χ0n) is 8.85. The third kappa shape index (κ3) is 2.43. The van der Waals surface area contributed by atoms with E-state index in [0.717, 1.165) is 12.1 Å². The molecule has 80 valence electrons. The number of ketones is 1. The van der Waals surface area contributed by atoms with Gasteiger partial charge in [-0.3, -0.25) is 4.79 Å². The molecule has 1 heterocycles. The number of carbonyl (C=O) groups excluding carboxylic acids is 1. The molecular formula is C12H15NO2. The molecule has 1 aromatic rings. The average molecular weight is 205 g/mol. The van der Waals surface area contributed by atoms with Crippen molar-refractivity contribution >= 4 is 5.78 Å². The van der Waals surface area contributed by atoms with Crippen LogP contribution in [-0.4, -0.2) is 43.5 Å². The summed E-state index contributed by atoms with van der Waals surface area (Å²) in [5, 5.41) is 0. The highest BCUT2D eigenvalue weighted by Gasteiger charge is 2.25. The number of nitrogens with zero attached hydrogens (tertiary/aromatic N) is 1. The highest BCUT2D eigenvalue weighted by Crippen LogP contribution is 2.10. The van der Waals surface area contributed by atoms with Crippen LogP contribution in [-0.2, 0) is 4.74 Å². The Morgan fingerprint density at radius 3 is 2.80 bits per heavy atom. The highest BCUT2D eigenvalue weighted by molar-refractivity contribution is 5.99. The van der Waals surface area contributed by atoms with Crippen molar-refractivity contribution in [1.82, 2.24) is 4.90 Å². The molecule has 15 heavy (non-hydrogen) atoms. The summed E-state index contributed by atoms with van der Waals surface area (Å²) in [6.45, 7) is 2.23. The summed E-state index contributed by atoms with van der Waals surface area (Å²) in [7, 11) is 2.01. The van der Waals surface area contributed by atoms with Crippen molar-refractivity contribution in [3.05, 3.63) is 35.9 Å². The fraction of sp³-hybridized carbons (Fsp3) is 0.417.